The van der Waals surface area contributed by atoms with Crippen LogP contribution >= 0.6 is 0 Å². The highest BCUT2D eigenvalue weighted by molar-refractivity contribution is 5.81. The van der Waals surface area contributed by atoms with Gasteiger partial charge in [-0.2, -0.15) is 0 Å². The van der Waals surface area contributed by atoms with E-state index in [2.05, 4.69) is 10.5 Å². The van der Waals surface area contributed by atoms with Crippen molar-refractivity contribution in [1.29, 1.82) is 0 Å². The van der Waals surface area contributed by atoms with E-state index >= 15 is 0 Å². The molecule has 0 bridgehead atoms. The molecule has 1 saturated heterocycles. The van der Waals surface area contributed by atoms with Crippen LogP contribution in [0, 0.1) is 0 Å². The van der Waals surface area contributed by atoms with Gasteiger partial charge in [-0.1, -0.05) is 5.16 Å². The first-order valence-electron chi connectivity index (χ1n) is 4.82. The third kappa shape index (κ3) is 3.28. The first kappa shape index (κ1) is 11.6. The minimum atomic E-state index is -0.0570. The molecule has 1 rings (SSSR count). The van der Waals surface area contributed by atoms with Crippen molar-refractivity contribution in [3.05, 3.63) is 0 Å². The van der Waals surface area contributed by atoms with Crippen molar-refractivity contribution in [3.63, 3.8) is 0 Å². The topological polar surface area (TPSA) is 94.2 Å². The van der Waals surface area contributed by atoms with Crippen LogP contribution in [0.1, 0.15) is 0 Å². The van der Waals surface area contributed by atoms with E-state index in [1.54, 1.807) is 11.9 Å². The van der Waals surface area contributed by atoms with Gasteiger partial charge < -0.3 is 21.2 Å². The second-order valence-electron chi connectivity index (χ2n) is 3.41. The molecule has 1 heterocycles. The molecule has 0 unspecified atom stereocenters. The quantitative estimate of drug-likeness (QED) is 0.231. The number of hydrogen-bond acceptors (Lipinski definition) is 4. The Bertz CT molecular complexity index is 247. The van der Waals surface area contributed by atoms with Gasteiger partial charge in [0, 0.05) is 33.2 Å². The summed E-state index contributed by atoms with van der Waals surface area (Å²) >= 11 is 0. The van der Waals surface area contributed by atoms with Crippen LogP contribution in [0.15, 0.2) is 5.16 Å². The van der Waals surface area contributed by atoms with Gasteiger partial charge in [-0.3, -0.25) is 4.90 Å². The van der Waals surface area contributed by atoms with Crippen molar-refractivity contribution in [2.75, 3.05) is 39.8 Å². The number of oxime groups is 1. The second-order valence-corrected chi connectivity index (χ2v) is 3.41. The third-order valence-electron chi connectivity index (χ3n) is 2.39. The van der Waals surface area contributed by atoms with Gasteiger partial charge in [0.05, 0.1) is 6.54 Å². The fourth-order valence-corrected chi connectivity index (χ4v) is 1.53. The van der Waals surface area contributed by atoms with Crippen LogP contribution in [0.4, 0.5) is 4.79 Å². The summed E-state index contributed by atoms with van der Waals surface area (Å²) in [5.74, 6) is 0.198. The summed E-state index contributed by atoms with van der Waals surface area (Å²) in [5, 5.41) is 13.9. The van der Waals surface area contributed by atoms with Gasteiger partial charge in [-0.25, -0.2) is 4.79 Å². The Kier molecular flexibility index (Phi) is 4.17. The Hall–Kier alpha value is -1.50. The summed E-state index contributed by atoms with van der Waals surface area (Å²) in [6.07, 6.45) is 0. The molecule has 0 aromatic heterocycles. The lowest BCUT2D eigenvalue weighted by molar-refractivity contribution is 0.149. The van der Waals surface area contributed by atoms with Crippen LogP contribution in [0.3, 0.4) is 0 Å². The summed E-state index contributed by atoms with van der Waals surface area (Å²) in [5.41, 5.74) is 5.39. The van der Waals surface area contributed by atoms with Gasteiger partial charge in [0.2, 0.25) is 0 Å². The number of piperazine rings is 1. The van der Waals surface area contributed by atoms with Crippen molar-refractivity contribution in [1.82, 2.24) is 15.1 Å². The number of nitrogens with two attached hydrogens (primary N) is 1. The standard InChI is InChI=1S/C8H17N5O2/c1-10-8(14)13-4-2-12(3-5-13)6-7(9)11-15/h15H,2-6H2,1H3,(H2,9,11)(H,10,14). The first-order chi connectivity index (χ1) is 7.17. The molecule has 4 N–H and O–H groups in total. The normalized spacial score (nSPS) is 19.0. The first-order valence-corrected chi connectivity index (χ1v) is 4.82. The Balaban J connectivity index is 2.33. The van der Waals surface area contributed by atoms with E-state index in [0.29, 0.717) is 19.6 Å². The molecule has 0 aromatic carbocycles. The van der Waals surface area contributed by atoms with Crippen molar-refractivity contribution in [2.24, 2.45) is 10.9 Å². The number of rotatable bonds is 2. The number of amidine groups is 1. The van der Waals surface area contributed by atoms with E-state index in [-0.39, 0.29) is 11.9 Å². The van der Waals surface area contributed by atoms with E-state index in [1.807, 2.05) is 4.90 Å². The van der Waals surface area contributed by atoms with Gasteiger partial charge >= 0.3 is 6.03 Å². The fourth-order valence-electron chi connectivity index (χ4n) is 1.53. The summed E-state index contributed by atoms with van der Waals surface area (Å²) in [6.45, 7) is 3.25. The van der Waals surface area contributed by atoms with Crippen LogP contribution in [-0.2, 0) is 0 Å². The number of nitrogens with zero attached hydrogens (tertiary/aromatic N) is 3. The molecule has 1 fully saturated rings. The monoisotopic (exact) mass is 215 g/mol. The van der Waals surface area contributed by atoms with Gasteiger partial charge in [-0.05, 0) is 0 Å². The van der Waals surface area contributed by atoms with E-state index in [4.69, 9.17) is 10.9 Å². The largest absolute Gasteiger partial charge is 0.409 e. The molecule has 0 saturated carbocycles. The molecule has 0 aromatic rings. The Morgan fingerprint density at radius 3 is 2.53 bits per heavy atom. The Morgan fingerprint density at radius 2 is 2.07 bits per heavy atom. The molecule has 0 aliphatic carbocycles. The van der Waals surface area contributed by atoms with Crippen molar-refractivity contribution in [3.8, 4) is 0 Å². The maximum Gasteiger partial charge on any atom is 0.317 e. The molecule has 2 amide bonds. The fraction of sp³-hybridized carbons (Fsp3) is 0.750. The molecule has 0 atom stereocenters. The van der Waals surface area contributed by atoms with Gasteiger partial charge in [0.1, 0.15) is 0 Å². The minimum absolute atomic E-state index is 0.0570. The molecule has 1 aliphatic heterocycles. The zero-order chi connectivity index (χ0) is 11.3. The van der Waals surface area contributed by atoms with Crippen LogP contribution in [0.2, 0.25) is 0 Å². The van der Waals surface area contributed by atoms with Gasteiger partial charge in [0.25, 0.3) is 0 Å². The number of amides is 2. The molecular formula is C8H17N5O2. The molecule has 7 heteroatoms. The van der Waals surface area contributed by atoms with Gasteiger partial charge in [0.15, 0.2) is 5.84 Å². The molecule has 0 spiro atoms. The van der Waals surface area contributed by atoms with E-state index in [1.165, 1.54) is 0 Å². The number of urea groups is 1. The van der Waals surface area contributed by atoms with Crippen molar-refractivity contribution >= 4 is 11.9 Å². The van der Waals surface area contributed by atoms with Crippen molar-refractivity contribution in [2.45, 2.75) is 0 Å². The summed E-state index contributed by atoms with van der Waals surface area (Å²) in [7, 11) is 1.62. The highest BCUT2D eigenvalue weighted by Crippen LogP contribution is 2.01. The van der Waals surface area contributed by atoms with Gasteiger partial charge in [-0.15, -0.1) is 0 Å². The molecule has 7 nitrogen and oxygen atoms in total. The number of carbonyl (C=O) groups is 1. The third-order valence-corrected chi connectivity index (χ3v) is 2.39. The molecule has 86 valence electrons. The zero-order valence-electron chi connectivity index (χ0n) is 8.81. The highest BCUT2D eigenvalue weighted by Gasteiger charge is 2.20. The lowest BCUT2D eigenvalue weighted by Crippen LogP contribution is -2.52. The average molecular weight is 215 g/mol. The molecule has 0 radical (unpaired) electrons. The van der Waals surface area contributed by atoms with Crippen LogP contribution in [0.25, 0.3) is 0 Å². The average Bonchev–Trinajstić information content (AvgIpc) is 2.29. The maximum atomic E-state index is 11.3. The lowest BCUT2D eigenvalue weighted by atomic mass is 10.3. The number of nitrogens with one attached hydrogen (secondary N) is 1. The second kappa shape index (κ2) is 5.40. The maximum absolute atomic E-state index is 11.3. The number of hydrogen-bond donors (Lipinski definition) is 3. The Morgan fingerprint density at radius 1 is 1.47 bits per heavy atom. The predicted octanol–water partition coefficient (Wildman–Crippen LogP) is -1.31. The molecular weight excluding hydrogens is 198 g/mol. The van der Waals surface area contributed by atoms with E-state index < -0.39 is 0 Å². The van der Waals surface area contributed by atoms with Crippen molar-refractivity contribution < 1.29 is 10.0 Å². The highest BCUT2D eigenvalue weighted by atomic mass is 16.4. The van der Waals surface area contributed by atoms with Crippen LogP contribution in [0.5, 0.6) is 0 Å². The summed E-state index contributed by atoms with van der Waals surface area (Å²) in [6, 6.07) is -0.0570. The SMILES string of the molecule is CNC(=O)N1CCN(CC(N)=NO)CC1. The van der Waals surface area contributed by atoms with Crippen LogP contribution in [-0.4, -0.2) is 66.6 Å². The number of carbonyl (C=O) groups excluding carboxylic acids is 1. The minimum Gasteiger partial charge on any atom is -0.409 e. The predicted molar refractivity (Wildman–Crippen MR) is 55.9 cm³/mol. The lowest BCUT2D eigenvalue weighted by Gasteiger charge is -2.33. The Labute approximate surface area is 88.5 Å². The zero-order valence-corrected chi connectivity index (χ0v) is 8.81. The van der Waals surface area contributed by atoms with E-state index in [9.17, 15) is 4.79 Å². The smallest absolute Gasteiger partial charge is 0.317 e. The summed E-state index contributed by atoms with van der Waals surface area (Å²) in [4.78, 5) is 15.0. The molecule has 1 aliphatic rings. The van der Waals surface area contributed by atoms with E-state index in [0.717, 1.165) is 13.1 Å². The summed E-state index contributed by atoms with van der Waals surface area (Å²) < 4.78 is 0. The van der Waals surface area contributed by atoms with Crippen LogP contribution < -0.4 is 11.1 Å². The molecule has 15 heavy (non-hydrogen) atoms.